The molecule has 0 aliphatic carbocycles. The van der Waals surface area contributed by atoms with Crippen LogP contribution >= 0.6 is 0 Å². The molecule has 0 heterocycles. The lowest BCUT2D eigenvalue weighted by Gasteiger charge is -2.10. The Kier molecular flexibility index (Phi) is 5.87. The van der Waals surface area contributed by atoms with Gasteiger partial charge in [0.05, 0.1) is 18.9 Å². The number of nitrogens with zero attached hydrogens (tertiary/aromatic N) is 2. The van der Waals surface area contributed by atoms with Gasteiger partial charge in [0.2, 0.25) is 5.96 Å². The SMILES string of the molecule is CCC(C)OCc1cccc(C=NN=C(N)N)c1. The van der Waals surface area contributed by atoms with E-state index in [0.29, 0.717) is 6.61 Å². The fourth-order valence-corrected chi connectivity index (χ4v) is 1.28. The molecule has 98 valence electrons. The third-order valence-electron chi connectivity index (χ3n) is 2.44. The quantitative estimate of drug-likeness (QED) is 0.455. The minimum Gasteiger partial charge on any atom is -0.374 e. The van der Waals surface area contributed by atoms with E-state index in [4.69, 9.17) is 16.2 Å². The Morgan fingerprint density at radius 1 is 1.44 bits per heavy atom. The standard InChI is InChI=1S/C13H20N4O/c1-3-10(2)18-9-12-6-4-5-11(7-12)8-16-17-13(14)15/h4-8,10H,3,9H2,1-2H3,(H4,14,15,17). The molecule has 0 amide bonds. The molecule has 0 saturated carbocycles. The highest BCUT2D eigenvalue weighted by molar-refractivity contribution is 5.81. The van der Waals surface area contributed by atoms with Gasteiger partial charge in [0.1, 0.15) is 0 Å². The lowest BCUT2D eigenvalue weighted by molar-refractivity contribution is 0.0508. The first-order valence-electron chi connectivity index (χ1n) is 5.94. The molecule has 0 saturated heterocycles. The maximum absolute atomic E-state index is 5.66. The van der Waals surface area contributed by atoms with Gasteiger partial charge in [-0.2, -0.15) is 5.10 Å². The molecule has 0 aliphatic heterocycles. The summed E-state index contributed by atoms with van der Waals surface area (Å²) >= 11 is 0. The van der Waals surface area contributed by atoms with Crippen molar-refractivity contribution >= 4 is 12.2 Å². The van der Waals surface area contributed by atoms with E-state index in [1.165, 1.54) is 0 Å². The van der Waals surface area contributed by atoms with Crippen LogP contribution in [0.2, 0.25) is 0 Å². The van der Waals surface area contributed by atoms with Crippen LogP contribution < -0.4 is 11.5 Å². The molecular weight excluding hydrogens is 228 g/mol. The molecule has 5 heteroatoms. The number of hydrogen-bond donors (Lipinski definition) is 2. The lowest BCUT2D eigenvalue weighted by atomic mass is 10.1. The largest absolute Gasteiger partial charge is 0.374 e. The minimum absolute atomic E-state index is 0.0532. The second-order valence-electron chi connectivity index (χ2n) is 4.04. The summed E-state index contributed by atoms with van der Waals surface area (Å²) in [6, 6.07) is 7.89. The van der Waals surface area contributed by atoms with Crippen molar-refractivity contribution in [3.05, 3.63) is 35.4 Å². The second kappa shape index (κ2) is 7.45. The first kappa shape index (κ1) is 14.2. The van der Waals surface area contributed by atoms with Crippen LogP contribution in [0.4, 0.5) is 0 Å². The van der Waals surface area contributed by atoms with Crippen LogP contribution in [-0.4, -0.2) is 18.3 Å². The van der Waals surface area contributed by atoms with E-state index in [1.807, 2.05) is 24.3 Å². The van der Waals surface area contributed by atoms with E-state index in [9.17, 15) is 0 Å². The van der Waals surface area contributed by atoms with Crippen molar-refractivity contribution < 1.29 is 4.74 Å². The Morgan fingerprint density at radius 2 is 2.22 bits per heavy atom. The highest BCUT2D eigenvalue weighted by Crippen LogP contribution is 2.07. The average Bonchev–Trinajstić information content (AvgIpc) is 2.36. The van der Waals surface area contributed by atoms with E-state index >= 15 is 0 Å². The predicted molar refractivity (Wildman–Crippen MR) is 74.4 cm³/mol. The first-order chi connectivity index (χ1) is 8.61. The molecule has 0 aliphatic rings. The van der Waals surface area contributed by atoms with E-state index in [2.05, 4.69) is 24.1 Å². The second-order valence-corrected chi connectivity index (χ2v) is 4.04. The van der Waals surface area contributed by atoms with Crippen molar-refractivity contribution in [2.45, 2.75) is 33.0 Å². The van der Waals surface area contributed by atoms with Gasteiger partial charge in [-0.3, -0.25) is 0 Å². The van der Waals surface area contributed by atoms with Crippen LogP contribution in [0.3, 0.4) is 0 Å². The summed E-state index contributed by atoms with van der Waals surface area (Å²) in [6.45, 7) is 4.76. The third-order valence-corrected chi connectivity index (χ3v) is 2.44. The molecule has 1 atom stereocenters. The molecule has 5 nitrogen and oxygen atoms in total. The zero-order chi connectivity index (χ0) is 13.4. The molecule has 1 aromatic carbocycles. The summed E-state index contributed by atoms with van der Waals surface area (Å²) in [5.41, 5.74) is 12.4. The molecule has 1 aromatic rings. The van der Waals surface area contributed by atoms with Crippen molar-refractivity contribution in [2.75, 3.05) is 0 Å². The maximum atomic E-state index is 5.66. The number of nitrogens with two attached hydrogens (primary N) is 2. The van der Waals surface area contributed by atoms with Crippen LogP contribution in [-0.2, 0) is 11.3 Å². The summed E-state index contributed by atoms with van der Waals surface area (Å²) in [5, 5.41) is 7.31. The van der Waals surface area contributed by atoms with Crippen molar-refractivity contribution in [1.29, 1.82) is 0 Å². The number of ether oxygens (including phenoxy) is 1. The van der Waals surface area contributed by atoms with Crippen molar-refractivity contribution in [2.24, 2.45) is 21.7 Å². The van der Waals surface area contributed by atoms with Crippen LogP contribution in [0.1, 0.15) is 31.4 Å². The van der Waals surface area contributed by atoms with Crippen LogP contribution in [0, 0.1) is 0 Å². The van der Waals surface area contributed by atoms with Gasteiger partial charge < -0.3 is 16.2 Å². The maximum Gasteiger partial charge on any atom is 0.211 e. The Hall–Kier alpha value is -1.88. The van der Waals surface area contributed by atoms with E-state index in [0.717, 1.165) is 17.5 Å². The van der Waals surface area contributed by atoms with Gasteiger partial charge in [0.25, 0.3) is 0 Å². The third kappa shape index (κ3) is 5.45. The smallest absolute Gasteiger partial charge is 0.211 e. The average molecular weight is 248 g/mol. The zero-order valence-electron chi connectivity index (χ0n) is 10.8. The molecule has 4 N–H and O–H groups in total. The van der Waals surface area contributed by atoms with Gasteiger partial charge >= 0.3 is 0 Å². The van der Waals surface area contributed by atoms with Crippen LogP contribution in [0.5, 0.6) is 0 Å². The molecule has 0 aromatic heterocycles. The normalized spacial score (nSPS) is 12.6. The van der Waals surface area contributed by atoms with Crippen molar-refractivity contribution in [3.63, 3.8) is 0 Å². The van der Waals surface area contributed by atoms with Crippen LogP contribution in [0.15, 0.2) is 34.5 Å². The summed E-state index contributed by atoms with van der Waals surface area (Å²) in [5.74, 6) is -0.0532. The summed E-state index contributed by atoms with van der Waals surface area (Å²) in [4.78, 5) is 0. The van der Waals surface area contributed by atoms with Gasteiger partial charge in [0, 0.05) is 0 Å². The van der Waals surface area contributed by atoms with Gasteiger partial charge in [0.15, 0.2) is 0 Å². The Labute approximate surface area is 108 Å². The van der Waals surface area contributed by atoms with Gasteiger partial charge in [-0.15, -0.1) is 5.10 Å². The predicted octanol–water partition coefficient (Wildman–Crippen LogP) is 1.61. The van der Waals surface area contributed by atoms with Crippen LogP contribution in [0.25, 0.3) is 0 Å². The Morgan fingerprint density at radius 3 is 2.89 bits per heavy atom. The number of rotatable bonds is 6. The lowest BCUT2D eigenvalue weighted by Crippen LogP contribution is -2.21. The monoisotopic (exact) mass is 248 g/mol. The Balaban J connectivity index is 2.62. The van der Waals surface area contributed by atoms with Gasteiger partial charge in [-0.25, -0.2) is 0 Å². The molecule has 1 rings (SSSR count). The molecule has 1 unspecified atom stereocenters. The fourth-order valence-electron chi connectivity index (χ4n) is 1.28. The minimum atomic E-state index is -0.0532. The van der Waals surface area contributed by atoms with Gasteiger partial charge in [-0.1, -0.05) is 25.1 Å². The van der Waals surface area contributed by atoms with Gasteiger partial charge in [-0.05, 0) is 30.5 Å². The molecule has 0 spiro atoms. The Bertz CT molecular complexity index is 425. The highest BCUT2D eigenvalue weighted by Gasteiger charge is 1.99. The topological polar surface area (TPSA) is 86.0 Å². The number of guanidine groups is 1. The highest BCUT2D eigenvalue weighted by atomic mass is 16.5. The summed E-state index contributed by atoms with van der Waals surface area (Å²) < 4.78 is 5.66. The summed E-state index contributed by atoms with van der Waals surface area (Å²) in [6.07, 6.45) is 2.88. The molecule has 0 bridgehead atoms. The zero-order valence-corrected chi connectivity index (χ0v) is 10.8. The first-order valence-corrected chi connectivity index (χ1v) is 5.94. The fraction of sp³-hybridized carbons (Fsp3) is 0.385. The van der Waals surface area contributed by atoms with Crippen molar-refractivity contribution in [1.82, 2.24) is 0 Å². The van der Waals surface area contributed by atoms with E-state index < -0.39 is 0 Å². The summed E-state index contributed by atoms with van der Waals surface area (Å²) in [7, 11) is 0. The van der Waals surface area contributed by atoms with Crippen molar-refractivity contribution in [3.8, 4) is 0 Å². The molecule has 0 fully saturated rings. The number of hydrogen-bond acceptors (Lipinski definition) is 3. The molecule has 0 radical (unpaired) electrons. The molecule has 18 heavy (non-hydrogen) atoms. The molecular formula is C13H20N4O. The van der Waals surface area contributed by atoms with E-state index in [-0.39, 0.29) is 12.1 Å². The van der Waals surface area contributed by atoms with E-state index in [1.54, 1.807) is 6.21 Å². The number of benzene rings is 1.